The Morgan fingerprint density at radius 1 is 1.24 bits per heavy atom. The molecule has 1 aromatic carbocycles. The molecule has 3 rings (SSSR count). The van der Waals surface area contributed by atoms with Gasteiger partial charge in [-0.3, -0.25) is 19.3 Å². The number of rotatable bonds is 8. The summed E-state index contributed by atoms with van der Waals surface area (Å²) in [4.78, 5) is 46.2. The lowest BCUT2D eigenvalue weighted by molar-refractivity contribution is -0.138. The molecule has 1 fully saturated rings. The van der Waals surface area contributed by atoms with Crippen LogP contribution >= 0.6 is 11.3 Å². The molecule has 2 aromatic rings. The lowest BCUT2D eigenvalue weighted by Gasteiger charge is -2.36. The number of carbonyl (C=O) groups excluding carboxylic acids is 3. The summed E-state index contributed by atoms with van der Waals surface area (Å²) in [6, 6.07) is 7.44. The van der Waals surface area contributed by atoms with Gasteiger partial charge in [0.05, 0.1) is 23.8 Å². The second-order valence-corrected chi connectivity index (χ2v) is 9.33. The van der Waals surface area contributed by atoms with Crippen LogP contribution in [0.25, 0.3) is 0 Å². The molecule has 0 spiro atoms. The Kier molecular flexibility index (Phi) is 8.57. The van der Waals surface area contributed by atoms with Gasteiger partial charge in [-0.25, -0.2) is 4.98 Å². The minimum Gasteiger partial charge on any atom is -0.348 e. The van der Waals surface area contributed by atoms with E-state index >= 15 is 0 Å². The van der Waals surface area contributed by atoms with Crippen LogP contribution in [0.5, 0.6) is 0 Å². The first-order chi connectivity index (χ1) is 15.8. The van der Waals surface area contributed by atoms with E-state index in [4.69, 9.17) is 0 Å². The molecule has 1 unspecified atom stereocenters. The Morgan fingerprint density at radius 2 is 1.94 bits per heavy atom. The van der Waals surface area contributed by atoms with E-state index < -0.39 is 0 Å². The van der Waals surface area contributed by atoms with Gasteiger partial charge in [0.25, 0.3) is 5.91 Å². The van der Waals surface area contributed by atoms with Gasteiger partial charge in [0, 0.05) is 31.9 Å². The number of aromatic nitrogens is 1. The van der Waals surface area contributed by atoms with Crippen molar-refractivity contribution in [1.82, 2.24) is 20.1 Å². The topological polar surface area (TPSA) is 94.6 Å². The Hall–Kier alpha value is -2.78. The Labute approximate surface area is 199 Å². The first kappa shape index (κ1) is 24.9. The molecule has 33 heavy (non-hydrogen) atoms. The molecule has 178 valence electrons. The minimum atomic E-state index is -0.328. The number of benzene rings is 1. The van der Waals surface area contributed by atoms with Crippen molar-refractivity contribution in [2.75, 3.05) is 32.0 Å². The SMILES string of the molecule is CCc1ccccc1NC(=O)CN(C)C(=O)C(C)N1CCC(NC(=O)c2scnc2C)CC1. The van der Waals surface area contributed by atoms with E-state index in [1.165, 1.54) is 16.2 Å². The third kappa shape index (κ3) is 6.39. The Morgan fingerprint density at radius 3 is 2.58 bits per heavy atom. The number of hydrogen-bond donors (Lipinski definition) is 2. The number of anilines is 1. The molecule has 8 nitrogen and oxygen atoms in total. The zero-order valence-electron chi connectivity index (χ0n) is 19.8. The lowest BCUT2D eigenvalue weighted by atomic mass is 10.0. The molecule has 2 N–H and O–H groups in total. The van der Waals surface area contributed by atoms with E-state index in [0.717, 1.165) is 36.2 Å². The molecule has 2 heterocycles. The maximum Gasteiger partial charge on any atom is 0.263 e. The molecule has 0 bridgehead atoms. The van der Waals surface area contributed by atoms with Crippen LogP contribution in [-0.2, 0) is 16.0 Å². The normalized spacial score (nSPS) is 15.6. The number of likely N-dealkylation sites (tertiary alicyclic amines) is 1. The van der Waals surface area contributed by atoms with Crippen molar-refractivity contribution in [1.29, 1.82) is 0 Å². The maximum absolute atomic E-state index is 12.9. The predicted octanol–water partition coefficient (Wildman–Crippen LogP) is 2.69. The summed E-state index contributed by atoms with van der Waals surface area (Å²) in [5.41, 5.74) is 4.28. The number of thiazole rings is 1. The van der Waals surface area contributed by atoms with Crippen LogP contribution in [0.3, 0.4) is 0 Å². The fourth-order valence-corrected chi connectivity index (χ4v) is 4.82. The Bertz CT molecular complexity index is 984. The van der Waals surface area contributed by atoms with E-state index in [-0.39, 0.29) is 36.3 Å². The molecule has 1 atom stereocenters. The molecule has 0 aliphatic carbocycles. The number of carbonyl (C=O) groups is 3. The second-order valence-electron chi connectivity index (χ2n) is 8.48. The number of hydrogen-bond acceptors (Lipinski definition) is 6. The molecule has 9 heteroatoms. The standard InChI is InChI=1S/C24H33N5O3S/c1-5-18-8-6-7-9-20(18)27-21(30)14-28(4)24(32)17(3)29-12-10-19(11-13-29)26-23(31)22-16(2)25-15-33-22/h6-9,15,17,19H,5,10-14H2,1-4H3,(H,26,31)(H,27,30). The number of piperidine rings is 1. The highest BCUT2D eigenvalue weighted by atomic mass is 32.1. The average molecular weight is 472 g/mol. The van der Waals surface area contributed by atoms with Crippen molar-refractivity contribution in [2.24, 2.45) is 0 Å². The first-order valence-corrected chi connectivity index (χ1v) is 12.3. The van der Waals surface area contributed by atoms with E-state index in [2.05, 4.69) is 20.5 Å². The predicted molar refractivity (Wildman–Crippen MR) is 130 cm³/mol. The van der Waals surface area contributed by atoms with Crippen molar-refractivity contribution in [3.63, 3.8) is 0 Å². The van der Waals surface area contributed by atoms with Crippen LogP contribution in [-0.4, -0.2) is 71.3 Å². The van der Waals surface area contributed by atoms with Crippen molar-refractivity contribution < 1.29 is 14.4 Å². The van der Waals surface area contributed by atoms with Crippen LogP contribution in [0.2, 0.25) is 0 Å². The fourth-order valence-electron chi connectivity index (χ4n) is 4.11. The third-order valence-corrected chi connectivity index (χ3v) is 7.08. The highest BCUT2D eigenvalue weighted by molar-refractivity contribution is 7.11. The quantitative estimate of drug-likeness (QED) is 0.617. The number of nitrogens with zero attached hydrogens (tertiary/aromatic N) is 3. The van der Waals surface area contributed by atoms with Gasteiger partial charge >= 0.3 is 0 Å². The minimum absolute atomic E-state index is 0.00193. The number of amides is 3. The van der Waals surface area contributed by atoms with E-state index in [1.54, 1.807) is 12.6 Å². The van der Waals surface area contributed by atoms with Gasteiger partial charge in [0.15, 0.2) is 0 Å². The largest absolute Gasteiger partial charge is 0.348 e. The molecule has 0 saturated carbocycles. The zero-order valence-corrected chi connectivity index (χ0v) is 20.6. The molecule has 1 aromatic heterocycles. The smallest absolute Gasteiger partial charge is 0.263 e. The van der Waals surface area contributed by atoms with E-state index in [1.807, 2.05) is 45.0 Å². The highest BCUT2D eigenvalue weighted by Crippen LogP contribution is 2.18. The van der Waals surface area contributed by atoms with Crippen molar-refractivity contribution in [2.45, 2.75) is 52.1 Å². The number of likely N-dealkylation sites (N-methyl/N-ethyl adjacent to an activating group) is 1. The van der Waals surface area contributed by atoms with Gasteiger partial charge in [0.1, 0.15) is 4.88 Å². The summed E-state index contributed by atoms with van der Waals surface area (Å²) in [7, 11) is 1.66. The molecule has 0 radical (unpaired) electrons. The average Bonchev–Trinajstić information content (AvgIpc) is 3.24. The van der Waals surface area contributed by atoms with Crippen LogP contribution in [0.4, 0.5) is 5.69 Å². The zero-order chi connectivity index (χ0) is 24.0. The van der Waals surface area contributed by atoms with Gasteiger partial charge in [-0.15, -0.1) is 11.3 Å². The van der Waals surface area contributed by atoms with Gasteiger partial charge in [-0.2, -0.15) is 0 Å². The van der Waals surface area contributed by atoms with Crippen molar-refractivity contribution in [3.05, 3.63) is 45.9 Å². The number of para-hydroxylation sites is 1. The maximum atomic E-state index is 12.9. The third-order valence-electron chi connectivity index (χ3n) is 6.15. The number of aryl methyl sites for hydroxylation is 2. The van der Waals surface area contributed by atoms with Gasteiger partial charge in [0.2, 0.25) is 11.8 Å². The highest BCUT2D eigenvalue weighted by Gasteiger charge is 2.30. The molecular weight excluding hydrogens is 438 g/mol. The van der Waals surface area contributed by atoms with Crippen LogP contribution in [0.1, 0.15) is 47.6 Å². The Balaban J connectivity index is 1.46. The summed E-state index contributed by atoms with van der Waals surface area (Å²) in [6.07, 6.45) is 2.38. The lowest BCUT2D eigenvalue weighted by Crippen LogP contribution is -2.52. The van der Waals surface area contributed by atoms with Crippen molar-refractivity contribution in [3.8, 4) is 0 Å². The van der Waals surface area contributed by atoms with E-state index in [9.17, 15) is 14.4 Å². The summed E-state index contributed by atoms with van der Waals surface area (Å²) < 4.78 is 0. The molecule has 1 saturated heterocycles. The summed E-state index contributed by atoms with van der Waals surface area (Å²) >= 11 is 1.35. The van der Waals surface area contributed by atoms with Crippen LogP contribution in [0, 0.1) is 6.92 Å². The second kappa shape index (κ2) is 11.4. The first-order valence-electron chi connectivity index (χ1n) is 11.4. The van der Waals surface area contributed by atoms with Gasteiger partial charge in [-0.05, 0) is 44.7 Å². The summed E-state index contributed by atoms with van der Waals surface area (Å²) in [5.74, 6) is -0.372. The monoisotopic (exact) mass is 471 g/mol. The van der Waals surface area contributed by atoms with Gasteiger partial charge in [-0.1, -0.05) is 25.1 Å². The van der Waals surface area contributed by atoms with Crippen molar-refractivity contribution >= 4 is 34.7 Å². The fraction of sp³-hybridized carbons (Fsp3) is 0.500. The number of nitrogens with one attached hydrogen (secondary N) is 2. The molecular formula is C24H33N5O3S. The van der Waals surface area contributed by atoms with E-state index in [0.29, 0.717) is 18.0 Å². The molecule has 1 aliphatic rings. The molecule has 3 amide bonds. The van der Waals surface area contributed by atoms with Crippen LogP contribution in [0.15, 0.2) is 29.8 Å². The summed E-state index contributed by atoms with van der Waals surface area (Å²) in [6.45, 7) is 7.18. The van der Waals surface area contributed by atoms with Gasteiger partial charge < -0.3 is 15.5 Å². The summed E-state index contributed by atoms with van der Waals surface area (Å²) in [5, 5.41) is 6.00. The van der Waals surface area contributed by atoms with Crippen LogP contribution < -0.4 is 10.6 Å². The molecule has 1 aliphatic heterocycles.